The summed E-state index contributed by atoms with van der Waals surface area (Å²) < 4.78 is 21.2. The van der Waals surface area contributed by atoms with Crippen molar-refractivity contribution in [2.75, 3.05) is 31.1 Å². The highest BCUT2D eigenvalue weighted by atomic mass is 35.5. The Bertz CT molecular complexity index is 1300. The molecule has 1 aromatic carbocycles. The molecule has 176 valence electrons. The van der Waals surface area contributed by atoms with Crippen molar-refractivity contribution >= 4 is 34.5 Å². The number of aryl methyl sites for hydroxylation is 1. The van der Waals surface area contributed by atoms with Crippen molar-refractivity contribution in [2.24, 2.45) is 10.5 Å². The van der Waals surface area contributed by atoms with Crippen LogP contribution in [0.4, 0.5) is 10.2 Å². The number of nitrogens with zero attached hydrogens (tertiary/aromatic N) is 5. The number of fused-ring (bicyclic) bond motifs is 1. The molecule has 3 aliphatic rings. The summed E-state index contributed by atoms with van der Waals surface area (Å²) in [5.41, 5.74) is 2.54. The third kappa shape index (κ3) is 3.91. The van der Waals surface area contributed by atoms with Crippen molar-refractivity contribution in [3.05, 3.63) is 52.9 Å². The minimum Gasteiger partial charge on any atom is -0.374 e. The van der Waals surface area contributed by atoms with E-state index in [1.54, 1.807) is 12.1 Å². The Hall–Kier alpha value is -2.77. The number of ether oxygens (including phenoxy) is 1. The molecule has 6 nitrogen and oxygen atoms in total. The molecule has 0 bridgehead atoms. The average Bonchev–Trinajstić information content (AvgIpc) is 3.60. The van der Waals surface area contributed by atoms with Crippen LogP contribution in [0.25, 0.3) is 22.2 Å². The summed E-state index contributed by atoms with van der Waals surface area (Å²) in [5.74, 6) is 0.384. The van der Waals surface area contributed by atoms with Gasteiger partial charge in [0.15, 0.2) is 0 Å². The van der Waals surface area contributed by atoms with Gasteiger partial charge < -0.3 is 9.64 Å². The van der Waals surface area contributed by atoms with Crippen LogP contribution >= 0.6 is 11.6 Å². The summed E-state index contributed by atoms with van der Waals surface area (Å²) in [6.45, 7) is 7.06. The molecule has 0 amide bonds. The molecule has 1 saturated carbocycles. The smallest absolute Gasteiger partial charge is 0.134 e. The van der Waals surface area contributed by atoms with Gasteiger partial charge in [-0.05, 0) is 50.1 Å². The van der Waals surface area contributed by atoms with E-state index >= 15 is 0 Å². The number of hydrogen-bond acceptors (Lipinski definition) is 6. The normalized spacial score (nSPS) is 24.9. The first-order valence-corrected chi connectivity index (χ1v) is 12.2. The van der Waals surface area contributed by atoms with Crippen molar-refractivity contribution in [1.82, 2.24) is 15.0 Å². The van der Waals surface area contributed by atoms with Gasteiger partial charge in [0, 0.05) is 59.6 Å². The lowest BCUT2D eigenvalue weighted by Crippen LogP contribution is -2.52. The van der Waals surface area contributed by atoms with E-state index in [0.29, 0.717) is 42.0 Å². The van der Waals surface area contributed by atoms with Crippen LogP contribution in [0.5, 0.6) is 0 Å². The molecular weight excluding hydrogens is 453 g/mol. The third-order valence-electron chi connectivity index (χ3n) is 7.10. The van der Waals surface area contributed by atoms with E-state index in [1.807, 2.05) is 25.1 Å². The van der Waals surface area contributed by atoms with Crippen molar-refractivity contribution in [2.45, 2.75) is 38.8 Å². The summed E-state index contributed by atoms with van der Waals surface area (Å²) in [4.78, 5) is 11.9. The summed E-state index contributed by atoms with van der Waals surface area (Å²) in [6, 6.07) is 11.2. The quantitative estimate of drug-likeness (QED) is 0.522. The number of hydrogen-bond donors (Lipinski definition) is 0. The van der Waals surface area contributed by atoms with Gasteiger partial charge in [0.05, 0.1) is 29.3 Å². The van der Waals surface area contributed by atoms with Crippen LogP contribution in [0.1, 0.15) is 25.5 Å². The Labute approximate surface area is 203 Å². The SMILES string of the molecule is Cc1ccc2c(-c3ccc(Cl)cc3F)nc(N3CCO[C@H](C4(C)C=NN(C5CC5)C4)C3)cc2n1. The van der Waals surface area contributed by atoms with Gasteiger partial charge in [0.2, 0.25) is 0 Å². The molecule has 1 unspecified atom stereocenters. The van der Waals surface area contributed by atoms with Gasteiger partial charge in [-0.25, -0.2) is 9.37 Å². The topological polar surface area (TPSA) is 53.9 Å². The molecule has 1 saturated heterocycles. The second-order valence-electron chi connectivity index (χ2n) is 9.86. The van der Waals surface area contributed by atoms with Gasteiger partial charge in [-0.3, -0.25) is 9.99 Å². The lowest BCUT2D eigenvalue weighted by molar-refractivity contribution is -0.0178. The molecule has 2 aromatic heterocycles. The first kappa shape index (κ1) is 21.7. The lowest BCUT2D eigenvalue weighted by atomic mass is 9.85. The molecule has 4 heterocycles. The number of hydrazone groups is 1. The molecule has 34 heavy (non-hydrogen) atoms. The second-order valence-corrected chi connectivity index (χ2v) is 10.3. The molecule has 2 atom stereocenters. The van der Waals surface area contributed by atoms with Crippen molar-refractivity contribution in [3.63, 3.8) is 0 Å². The van der Waals surface area contributed by atoms with Crippen LogP contribution in [0.2, 0.25) is 5.02 Å². The number of morpholine rings is 1. The Balaban J connectivity index is 1.37. The predicted molar refractivity (Wildman–Crippen MR) is 133 cm³/mol. The number of anilines is 1. The van der Waals surface area contributed by atoms with Crippen LogP contribution in [-0.4, -0.2) is 59.6 Å². The van der Waals surface area contributed by atoms with Crippen LogP contribution in [0.3, 0.4) is 0 Å². The van der Waals surface area contributed by atoms with E-state index in [1.165, 1.54) is 18.9 Å². The number of rotatable bonds is 4. The van der Waals surface area contributed by atoms with Gasteiger partial charge in [-0.15, -0.1) is 0 Å². The van der Waals surface area contributed by atoms with E-state index in [9.17, 15) is 4.39 Å². The molecule has 2 fully saturated rings. The van der Waals surface area contributed by atoms with E-state index in [0.717, 1.165) is 29.0 Å². The fourth-order valence-corrected chi connectivity index (χ4v) is 5.10. The fourth-order valence-electron chi connectivity index (χ4n) is 4.94. The third-order valence-corrected chi connectivity index (χ3v) is 7.33. The van der Waals surface area contributed by atoms with Gasteiger partial charge in [0.1, 0.15) is 11.6 Å². The number of halogens is 2. The largest absolute Gasteiger partial charge is 0.374 e. The van der Waals surface area contributed by atoms with Gasteiger partial charge in [-0.2, -0.15) is 5.10 Å². The van der Waals surface area contributed by atoms with E-state index in [-0.39, 0.29) is 11.5 Å². The molecule has 6 rings (SSSR count). The lowest BCUT2D eigenvalue weighted by Gasteiger charge is -2.40. The standard InChI is InChI=1S/C26H27ClFN5O/c1-16-3-7-20-22(30-16)12-24(31-25(20)19-8-4-17(27)11-21(19)28)32-9-10-34-23(13-32)26(2)14-29-33(15-26)18-5-6-18/h3-4,7-8,11-12,14,18,23H,5-6,9-10,13,15H2,1-2H3/t23-,26?/m0/s1. The van der Waals surface area contributed by atoms with Crippen LogP contribution < -0.4 is 4.90 Å². The van der Waals surface area contributed by atoms with Crippen LogP contribution in [0.15, 0.2) is 41.5 Å². The maximum absolute atomic E-state index is 14.9. The van der Waals surface area contributed by atoms with Gasteiger partial charge >= 0.3 is 0 Å². The molecule has 8 heteroatoms. The zero-order valence-electron chi connectivity index (χ0n) is 19.3. The van der Waals surface area contributed by atoms with E-state index < -0.39 is 5.82 Å². The molecule has 0 N–H and O–H groups in total. The number of benzene rings is 1. The second kappa shape index (κ2) is 8.17. The van der Waals surface area contributed by atoms with Crippen LogP contribution in [-0.2, 0) is 4.74 Å². The average molecular weight is 480 g/mol. The molecule has 1 aliphatic carbocycles. The minimum atomic E-state index is -0.395. The summed E-state index contributed by atoms with van der Waals surface area (Å²) in [6.07, 6.45) is 4.50. The Morgan fingerprint density at radius 3 is 2.79 bits per heavy atom. The summed E-state index contributed by atoms with van der Waals surface area (Å²) in [7, 11) is 0. The van der Waals surface area contributed by atoms with Gasteiger partial charge in [-0.1, -0.05) is 18.5 Å². The Morgan fingerprint density at radius 1 is 1.15 bits per heavy atom. The highest BCUT2D eigenvalue weighted by Crippen LogP contribution is 2.38. The Kier molecular flexibility index (Phi) is 5.22. The molecule has 0 radical (unpaired) electrons. The minimum absolute atomic E-state index is 0.00701. The Morgan fingerprint density at radius 2 is 2.00 bits per heavy atom. The molecule has 2 aliphatic heterocycles. The maximum atomic E-state index is 14.9. The zero-order chi connectivity index (χ0) is 23.4. The highest BCUT2D eigenvalue weighted by Gasteiger charge is 2.45. The van der Waals surface area contributed by atoms with Crippen molar-refractivity contribution < 1.29 is 9.13 Å². The highest BCUT2D eigenvalue weighted by molar-refractivity contribution is 6.30. The van der Waals surface area contributed by atoms with E-state index in [2.05, 4.69) is 28.1 Å². The van der Waals surface area contributed by atoms with Crippen molar-refractivity contribution in [3.8, 4) is 11.3 Å². The monoisotopic (exact) mass is 479 g/mol. The predicted octanol–water partition coefficient (Wildman–Crippen LogP) is 5.07. The first-order chi connectivity index (χ1) is 16.4. The maximum Gasteiger partial charge on any atom is 0.134 e. The molecular formula is C26H27ClFN5O. The fraction of sp³-hybridized carbons (Fsp3) is 0.423. The summed E-state index contributed by atoms with van der Waals surface area (Å²) >= 11 is 6.01. The van der Waals surface area contributed by atoms with Crippen LogP contribution in [0, 0.1) is 18.2 Å². The van der Waals surface area contributed by atoms with Crippen molar-refractivity contribution in [1.29, 1.82) is 0 Å². The first-order valence-electron chi connectivity index (χ1n) is 11.8. The molecule has 0 spiro atoms. The zero-order valence-corrected chi connectivity index (χ0v) is 20.1. The number of aromatic nitrogens is 2. The number of pyridine rings is 2. The van der Waals surface area contributed by atoms with E-state index in [4.69, 9.17) is 26.3 Å². The molecule has 3 aromatic rings. The van der Waals surface area contributed by atoms with Gasteiger partial charge in [0.25, 0.3) is 0 Å². The summed E-state index contributed by atoms with van der Waals surface area (Å²) in [5, 5.41) is 8.06.